The molecule has 2 aromatic rings. The van der Waals surface area contributed by atoms with E-state index < -0.39 is 6.10 Å². The topological polar surface area (TPSA) is 23.5 Å². The number of halogens is 2. The number of anilines is 1. The Morgan fingerprint density at radius 1 is 1.20 bits per heavy atom. The number of nitrogens with zero attached hydrogens (tertiary/aromatic N) is 1. The molecule has 0 fully saturated rings. The predicted molar refractivity (Wildman–Crippen MR) is 88.4 cm³/mol. The zero-order valence-corrected chi connectivity index (χ0v) is 13.6. The van der Waals surface area contributed by atoms with Crippen LogP contribution in [0.4, 0.5) is 5.69 Å². The third-order valence-electron chi connectivity index (χ3n) is 3.26. The Morgan fingerprint density at radius 2 is 1.90 bits per heavy atom. The summed E-state index contributed by atoms with van der Waals surface area (Å²) in [6.07, 6.45) is 0.0778. The van der Waals surface area contributed by atoms with Crippen LogP contribution >= 0.6 is 27.5 Å². The van der Waals surface area contributed by atoms with Gasteiger partial charge in [0.25, 0.3) is 0 Å². The van der Waals surface area contributed by atoms with Gasteiger partial charge < -0.3 is 10.0 Å². The number of rotatable bonds is 5. The van der Waals surface area contributed by atoms with Gasteiger partial charge in [-0.1, -0.05) is 51.8 Å². The van der Waals surface area contributed by atoms with Gasteiger partial charge in [0.2, 0.25) is 0 Å². The Hall–Kier alpha value is -1.03. The van der Waals surface area contributed by atoms with E-state index in [1.165, 1.54) is 0 Å². The molecule has 1 atom stereocenters. The lowest BCUT2D eigenvalue weighted by molar-refractivity contribution is 0.170. The van der Waals surface area contributed by atoms with E-state index in [1.807, 2.05) is 37.4 Å². The Labute approximate surface area is 133 Å². The SMILES string of the molecule is CN(CCC(O)c1ccc(Br)cc1Cl)c1ccccc1. The fraction of sp³-hybridized carbons (Fsp3) is 0.250. The Bertz CT molecular complexity index is 562. The minimum absolute atomic E-state index is 0.554. The highest BCUT2D eigenvalue weighted by atomic mass is 79.9. The first-order valence-corrected chi connectivity index (χ1v) is 7.64. The van der Waals surface area contributed by atoms with Crippen molar-refractivity contribution in [3.8, 4) is 0 Å². The van der Waals surface area contributed by atoms with Crippen molar-refractivity contribution in [1.29, 1.82) is 0 Å². The highest BCUT2D eigenvalue weighted by Crippen LogP contribution is 2.28. The fourth-order valence-corrected chi connectivity index (χ4v) is 2.85. The van der Waals surface area contributed by atoms with Crippen molar-refractivity contribution >= 4 is 33.2 Å². The zero-order chi connectivity index (χ0) is 14.5. The summed E-state index contributed by atoms with van der Waals surface area (Å²) in [5.41, 5.74) is 1.91. The molecule has 1 unspecified atom stereocenters. The van der Waals surface area contributed by atoms with E-state index >= 15 is 0 Å². The molecular formula is C16H17BrClNO. The third-order valence-corrected chi connectivity index (χ3v) is 4.08. The van der Waals surface area contributed by atoms with Gasteiger partial charge in [0.15, 0.2) is 0 Å². The summed E-state index contributed by atoms with van der Waals surface area (Å²) in [6.45, 7) is 0.761. The molecule has 0 saturated carbocycles. The average Bonchev–Trinajstić information content (AvgIpc) is 2.45. The fourth-order valence-electron chi connectivity index (χ4n) is 2.05. The van der Waals surface area contributed by atoms with Crippen LogP contribution in [0.2, 0.25) is 5.02 Å². The van der Waals surface area contributed by atoms with E-state index in [9.17, 15) is 5.11 Å². The highest BCUT2D eigenvalue weighted by Gasteiger charge is 2.13. The van der Waals surface area contributed by atoms with Crippen LogP contribution in [0.1, 0.15) is 18.1 Å². The molecular weight excluding hydrogens is 338 g/mol. The zero-order valence-electron chi connectivity index (χ0n) is 11.3. The maximum Gasteiger partial charge on any atom is 0.0821 e. The minimum Gasteiger partial charge on any atom is -0.388 e. The summed E-state index contributed by atoms with van der Waals surface area (Å²) in [7, 11) is 2.02. The number of aliphatic hydroxyl groups excluding tert-OH is 1. The first-order chi connectivity index (χ1) is 9.58. The molecule has 2 aromatic carbocycles. The minimum atomic E-state index is -0.554. The van der Waals surface area contributed by atoms with E-state index in [4.69, 9.17) is 11.6 Å². The van der Waals surface area contributed by atoms with Crippen LogP contribution in [0.5, 0.6) is 0 Å². The largest absolute Gasteiger partial charge is 0.388 e. The highest BCUT2D eigenvalue weighted by molar-refractivity contribution is 9.10. The summed E-state index contributed by atoms with van der Waals surface area (Å²) in [6, 6.07) is 15.7. The number of para-hydroxylation sites is 1. The molecule has 0 heterocycles. The number of aliphatic hydroxyl groups is 1. The monoisotopic (exact) mass is 353 g/mol. The molecule has 1 N–H and O–H groups in total. The van der Waals surface area contributed by atoms with E-state index in [0.29, 0.717) is 11.4 Å². The lowest BCUT2D eigenvalue weighted by Gasteiger charge is -2.21. The molecule has 0 saturated heterocycles. The molecule has 0 spiro atoms. The van der Waals surface area contributed by atoms with Gasteiger partial charge in [-0.15, -0.1) is 0 Å². The van der Waals surface area contributed by atoms with Crippen molar-refractivity contribution in [3.63, 3.8) is 0 Å². The summed E-state index contributed by atoms with van der Waals surface area (Å²) < 4.78 is 0.917. The molecule has 106 valence electrons. The van der Waals surface area contributed by atoms with Gasteiger partial charge >= 0.3 is 0 Å². The van der Waals surface area contributed by atoms with E-state index in [1.54, 1.807) is 6.07 Å². The summed E-state index contributed by atoms with van der Waals surface area (Å²) in [5.74, 6) is 0. The van der Waals surface area contributed by atoms with Crippen molar-refractivity contribution in [2.24, 2.45) is 0 Å². The quantitative estimate of drug-likeness (QED) is 0.844. The molecule has 0 amide bonds. The number of benzene rings is 2. The average molecular weight is 355 g/mol. The van der Waals surface area contributed by atoms with Gasteiger partial charge in [0.05, 0.1) is 6.10 Å². The van der Waals surface area contributed by atoms with E-state index in [0.717, 1.165) is 22.3 Å². The van der Waals surface area contributed by atoms with Crippen LogP contribution in [-0.4, -0.2) is 18.7 Å². The first kappa shape index (κ1) is 15.4. The van der Waals surface area contributed by atoms with Gasteiger partial charge in [0, 0.05) is 28.8 Å². The third kappa shape index (κ3) is 3.98. The second kappa shape index (κ2) is 7.11. The summed E-state index contributed by atoms with van der Waals surface area (Å²) in [4.78, 5) is 2.12. The molecule has 2 rings (SSSR count). The Kier molecular flexibility index (Phi) is 5.46. The van der Waals surface area contributed by atoms with Crippen molar-refractivity contribution in [2.75, 3.05) is 18.5 Å². The van der Waals surface area contributed by atoms with Crippen molar-refractivity contribution in [1.82, 2.24) is 0 Å². The van der Waals surface area contributed by atoms with Crippen LogP contribution in [0.15, 0.2) is 53.0 Å². The van der Waals surface area contributed by atoms with E-state index in [-0.39, 0.29) is 0 Å². The first-order valence-electron chi connectivity index (χ1n) is 6.47. The molecule has 2 nitrogen and oxygen atoms in total. The Balaban J connectivity index is 1.96. The van der Waals surface area contributed by atoms with Crippen LogP contribution in [0.25, 0.3) is 0 Å². The molecule has 0 aliphatic heterocycles. The van der Waals surface area contributed by atoms with Crippen LogP contribution in [0.3, 0.4) is 0 Å². The van der Waals surface area contributed by atoms with Gasteiger partial charge in [0.1, 0.15) is 0 Å². The smallest absolute Gasteiger partial charge is 0.0821 e. The van der Waals surface area contributed by atoms with E-state index in [2.05, 4.69) is 33.0 Å². The lowest BCUT2D eigenvalue weighted by atomic mass is 10.1. The van der Waals surface area contributed by atoms with Crippen molar-refractivity contribution in [2.45, 2.75) is 12.5 Å². The van der Waals surface area contributed by atoms with Crippen molar-refractivity contribution < 1.29 is 5.11 Å². The van der Waals surface area contributed by atoms with Crippen molar-refractivity contribution in [3.05, 3.63) is 63.6 Å². The van der Waals surface area contributed by atoms with Gasteiger partial charge in [-0.25, -0.2) is 0 Å². The standard InChI is InChI=1S/C16H17BrClNO/c1-19(13-5-3-2-4-6-13)10-9-16(20)14-8-7-12(17)11-15(14)18/h2-8,11,16,20H,9-10H2,1H3. The van der Waals surface area contributed by atoms with Crippen LogP contribution in [0, 0.1) is 0 Å². The van der Waals surface area contributed by atoms with Gasteiger partial charge in [-0.2, -0.15) is 0 Å². The molecule has 0 aliphatic rings. The maximum atomic E-state index is 10.3. The normalized spacial score (nSPS) is 12.2. The number of hydrogen-bond acceptors (Lipinski definition) is 2. The van der Waals surface area contributed by atoms with Gasteiger partial charge in [-0.05, 0) is 36.2 Å². The summed E-state index contributed by atoms with van der Waals surface area (Å²) >= 11 is 9.52. The molecule has 0 bridgehead atoms. The molecule has 4 heteroatoms. The van der Waals surface area contributed by atoms with Crippen LogP contribution in [-0.2, 0) is 0 Å². The predicted octanol–water partition coefficient (Wildman–Crippen LogP) is 4.66. The maximum absolute atomic E-state index is 10.3. The Morgan fingerprint density at radius 3 is 2.55 bits per heavy atom. The summed E-state index contributed by atoms with van der Waals surface area (Å²) in [5, 5.41) is 10.9. The van der Waals surface area contributed by atoms with Crippen LogP contribution < -0.4 is 4.90 Å². The molecule has 0 radical (unpaired) electrons. The molecule has 0 aliphatic carbocycles. The lowest BCUT2D eigenvalue weighted by Crippen LogP contribution is -2.20. The second-order valence-corrected chi connectivity index (χ2v) is 6.05. The molecule has 0 aromatic heterocycles. The second-order valence-electron chi connectivity index (χ2n) is 4.73. The molecule has 20 heavy (non-hydrogen) atoms. The number of hydrogen-bond donors (Lipinski definition) is 1. The van der Waals surface area contributed by atoms with Gasteiger partial charge in [-0.3, -0.25) is 0 Å².